The molecule has 2 aliphatic rings. The molecule has 1 aromatic rings. The average Bonchev–Trinajstić information content (AvgIpc) is 3.02. The first-order valence-corrected chi connectivity index (χ1v) is 8.45. The Hall–Kier alpha value is -0.810. The SMILES string of the molecule is CSc1nccc(N2CCC(N3CCCC3)CC2)n1. The summed E-state index contributed by atoms with van der Waals surface area (Å²) in [6.07, 6.45) is 9.24. The molecule has 0 bridgehead atoms. The summed E-state index contributed by atoms with van der Waals surface area (Å²) < 4.78 is 0. The van der Waals surface area contributed by atoms with Crippen LogP contribution < -0.4 is 4.90 Å². The second-order valence-electron chi connectivity index (χ2n) is 5.36. The molecule has 4 nitrogen and oxygen atoms in total. The molecule has 3 rings (SSSR count). The number of hydrogen-bond acceptors (Lipinski definition) is 5. The highest BCUT2D eigenvalue weighted by Crippen LogP contribution is 2.24. The maximum absolute atomic E-state index is 4.60. The number of thioether (sulfide) groups is 1. The Morgan fingerprint density at radius 3 is 2.58 bits per heavy atom. The largest absolute Gasteiger partial charge is 0.356 e. The third-order valence-electron chi connectivity index (χ3n) is 4.25. The van der Waals surface area contributed by atoms with Gasteiger partial charge in [0.1, 0.15) is 5.82 Å². The van der Waals surface area contributed by atoms with Crippen LogP contribution in [0.1, 0.15) is 25.7 Å². The van der Waals surface area contributed by atoms with E-state index in [1.807, 2.05) is 18.5 Å². The quantitative estimate of drug-likeness (QED) is 0.625. The van der Waals surface area contributed by atoms with Crippen molar-refractivity contribution in [2.45, 2.75) is 36.9 Å². The standard InChI is InChI=1S/C14H22N4S/c1-19-14-15-7-4-13(16-14)18-10-5-12(6-11-18)17-8-2-3-9-17/h4,7,12H,2-3,5-6,8-11H2,1H3. The van der Waals surface area contributed by atoms with Crippen LogP contribution in [-0.4, -0.2) is 53.3 Å². The van der Waals surface area contributed by atoms with Crippen LogP contribution in [0.15, 0.2) is 17.4 Å². The van der Waals surface area contributed by atoms with Gasteiger partial charge in [-0.3, -0.25) is 0 Å². The van der Waals surface area contributed by atoms with Crippen molar-refractivity contribution >= 4 is 17.6 Å². The minimum Gasteiger partial charge on any atom is -0.356 e. The van der Waals surface area contributed by atoms with E-state index in [0.29, 0.717) is 0 Å². The highest BCUT2D eigenvalue weighted by Gasteiger charge is 2.26. The number of piperidine rings is 1. The smallest absolute Gasteiger partial charge is 0.189 e. The molecule has 0 amide bonds. The molecule has 0 aliphatic carbocycles. The van der Waals surface area contributed by atoms with Gasteiger partial charge < -0.3 is 9.80 Å². The molecule has 2 fully saturated rings. The molecular formula is C14H22N4S. The third-order valence-corrected chi connectivity index (χ3v) is 4.81. The highest BCUT2D eigenvalue weighted by atomic mass is 32.2. The predicted octanol–water partition coefficient (Wildman–Crippen LogP) is 2.26. The first-order valence-electron chi connectivity index (χ1n) is 7.23. The maximum Gasteiger partial charge on any atom is 0.189 e. The summed E-state index contributed by atoms with van der Waals surface area (Å²) in [5, 5.41) is 0.874. The van der Waals surface area contributed by atoms with E-state index in [-0.39, 0.29) is 0 Å². The van der Waals surface area contributed by atoms with Crippen molar-refractivity contribution in [3.8, 4) is 0 Å². The zero-order chi connectivity index (χ0) is 13.1. The Morgan fingerprint density at radius 1 is 1.16 bits per heavy atom. The molecule has 3 heterocycles. The van der Waals surface area contributed by atoms with Gasteiger partial charge >= 0.3 is 0 Å². The van der Waals surface area contributed by atoms with Gasteiger partial charge in [-0.05, 0) is 51.1 Å². The molecule has 0 unspecified atom stereocenters. The van der Waals surface area contributed by atoms with Crippen LogP contribution in [0.5, 0.6) is 0 Å². The van der Waals surface area contributed by atoms with Gasteiger partial charge in [-0.25, -0.2) is 9.97 Å². The Balaban J connectivity index is 1.59. The normalized spacial score (nSPS) is 22.1. The summed E-state index contributed by atoms with van der Waals surface area (Å²) >= 11 is 1.61. The van der Waals surface area contributed by atoms with E-state index in [9.17, 15) is 0 Å². The maximum atomic E-state index is 4.60. The molecule has 2 saturated heterocycles. The van der Waals surface area contributed by atoms with Gasteiger partial charge in [0.2, 0.25) is 0 Å². The summed E-state index contributed by atoms with van der Waals surface area (Å²) in [6.45, 7) is 4.89. The average molecular weight is 278 g/mol. The molecule has 1 aromatic heterocycles. The van der Waals surface area contributed by atoms with Crippen LogP contribution in [0.3, 0.4) is 0 Å². The van der Waals surface area contributed by atoms with Crippen molar-refractivity contribution in [2.75, 3.05) is 37.3 Å². The fourth-order valence-electron chi connectivity index (χ4n) is 3.17. The fourth-order valence-corrected chi connectivity index (χ4v) is 3.52. The molecule has 0 saturated carbocycles. The van der Waals surface area contributed by atoms with Crippen LogP contribution in [0.2, 0.25) is 0 Å². The van der Waals surface area contributed by atoms with Crippen LogP contribution in [0.25, 0.3) is 0 Å². The third kappa shape index (κ3) is 3.03. The van der Waals surface area contributed by atoms with E-state index >= 15 is 0 Å². The van der Waals surface area contributed by atoms with Crippen molar-refractivity contribution in [3.05, 3.63) is 12.3 Å². The first-order chi connectivity index (χ1) is 9.36. The number of nitrogens with zero attached hydrogens (tertiary/aromatic N) is 4. The van der Waals surface area contributed by atoms with E-state index in [0.717, 1.165) is 30.1 Å². The molecule has 0 N–H and O–H groups in total. The second-order valence-corrected chi connectivity index (χ2v) is 6.14. The van der Waals surface area contributed by atoms with Crippen molar-refractivity contribution in [3.63, 3.8) is 0 Å². The topological polar surface area (TPSA) is 32.3 Å². The summed E-state index contributed by atoms with van der Waals surface area (Å²) in [7, 11) is 0. The van der Waals surface area contributed by atoms with Crippen LogP contribution >= 0.6 is 11.8 Å². The molecular weight excluding hydrogens is 256 g/mol. The monoisotopic (exact) mass is 278 g/mol. The summed E-state index contributed by atoms with van der Waals surface area (Å²) in [5.41, 5.74) is 0. The number of rotatable bonds is 3. The lowest BCUT2D eigenvalue weighted by atomic mass is 10.0. The Morgan fingerprint density at radius 2 is 1.89 bits per heavy atom. The van der Waals surface area contributed by atoms with E-state index in [1.165, 1.54) is 38.8 Å². The summed E-state index contributed by atoms with van der Waals surface area (Å²) in [6, 6.07) is 2.84. The van der Waals surface area contributed by atoms with Gasteiger partial charge in [-0.2, -0.15) is 0 Å². The van der Waals surface area contributed by atoms with Gasteiger partial charge in [-0.1, -0.05) is 11.8 Å². The summed E-state index contributed by atoms with van der Waals surface area (Å²) in [4.78, 5) is 13.9. The lowest BCUT2D eigenvalue weighted by Crippen LogP contribution is -2.44. The Bertz CT molecular complexity index is 412. The van der Waals surface area contributed by atoms with E-state index in [4.69, 9.17) is 0 Å². The van der Waals surface area contributed by atoms with Crippen LogP contribution in [0.4, 0.5) is 5.82 Å². The van der Waals surface area contributed by atoms with E-state index in [1.54, 1.807) is 11.8 Å². The van der Waals surface area contributed by atoms with Crippen LogP contribution in [-0.2, 0) is 0 Å². The minimum atomic E-state index is 0.806. The van der Waals surface area contributed by atoms with Gasteiger partial charge in [-0.15, -0.1) is 0 Å². The number of hydrogen-bond donors (Lipinski definition) is 0. The number of aromatic nitrogens is 2. The molecule has 5 heteroatoms. The Kier molecular flexibility index (Phi) is 4.23. The van der Waals surface area contributed by atoms with E-state index < -0.39 is 0 Å². The zero-order valence-corrected chi connectivity index (χ0v) is 12.4. The number of likely N-dealkylation sites (tertiary alicyclic amines) is 1. The van der Waals surface area contributed by atoms with Crippen LogP contribution in [0, 0.1) is 0 Å². The highest BCUT2D eigenvalue weighted by molar-refractivity contribution is 7.98. The van der Waals surface area contributed by atoms with Crippen molar-refractivity contribution in [1.29, 1.82) is 0 Å². The molecule has 104 valence electrons. The summed E-state index contributed by atoms with van der Waals surface area (Å²) in [5.74, 6) is 1.10. The lowest BCUT2D eigenvalue weighted by molar-refractivity contribution is 0.207. The molecule has 0 atom stereocenters. The number of anilines is 1. The molecule has 0 spiro atoms. The molecule has 0 aromatic carbocycles. The van der Waals surface area contributed by atoms with Crippen molar-refractivity contribution in [1.82, 2.24) is 14.9 Å². The second kappa shape index (κ2) is 6.09. The molecule has 2 aliphatic heterocycles. The Labute approximate surface area is 119 Å². The van der Waals surface area contributed by atoms with Gasteiger partial charge in [0.25, 0.3) is 0 Å². The first kappa shape index (κ1) is 13.2. The van der Waals surface area contributed by atoms with Gasteiger partial charge in [0.15, 0.2) is 5.16 Å². The van der Waals surface area contributed by atoms with Crippen molar-refractivity contribution in [2.24, 2.45) is 0 Å². The fraction of sp³-hybridized carbons (Fsp3) is 0.714. The van der Waals surface area contributed by atoms with Crippen molar-refractivity contribution < 1.29 is 0 Å². The zero-order valence-electron chi connectivity index (χ0n) is 11.6. The predicted molar refractivity (Wildman–Crippen MR) is 79.9 cm³/mol. The molecule has 19 heavy (non-hydrogen) atoms. The molecule has 0 radical (unpaired) electrons. The minimum absolute atomic E-state index is 0.806. The lowest BCUT2D eigenvalue weighted by Gasteiger charge is -2.37. The van der Waals surface area contributed by atoms with E-state index in [2.05, 4.69) is 19.8 Å². The van der Waals surface area contributed by atoms with Gasteiger partial charge in [0.05, 0.1) is 0 Å². The van der Waals surface area contributed by atoms with Gasteiger partial charge in [0, 0.05) is 25.3 Å².